The maximum Gasteiger partial charge on any atom is 0.242 e. The molecule has 0 radical (unpaired) electrons. The van der Waals surface area contributed by atoms with Gasteiger partial charge in [0.25, 0.3) is 0 Å². The third-order valence-corrected chi connectivity index (χ3v) is 8.16. The summed E-state index contributed by atoms with van der Waals surface area (Å²) >= 11 is 0. The molecule has 1 N–H and O–H groups in total. The molecule has 0 aliphatic carbocycles. The van der Waals surface area contributed by atoms with Crippen LogP contribution in [0, 0.1) is 0 Å². The normalized spacial score (nSPS) is 14.2. The Labute approximate surface area is 207 Å². The van der Waals surface area contributed by atoms with Crippen molar-refractivity contribution >= 4 is 38.5 Å². The van der Waals surface area contributed by atoms with Gasteiger partial charge < -0.3 is 14.8 Å². The Balaban J connectivity index is 1.47. The van der Waals surface area contributed by atoms with Gasteiger partial charge in [-0.25, -0.2) is 22.7 Å². The van der Waals surface area contributed by atoms with Crippen LogP contribution >= 0.6 is 0 Å². The molecule has 9 nitrogen and oxygen atoms in total. The molecule has 0 atom stereocenters. The first-order chi connectivity index (χ1) is 16.8. The second-order valence-corrected chi connectivity index (χ2v) is 11.3. The van der Waals surface area contributed by atoms with Crippen LogP contribution in [-0.2, 0) is 27.8 Å². The molecule has 0 bridgehead atoms. The van der Waals surface area contributed by atoms with Crippen LogP contribution < -0.4 is 10.2 Å². The number of hydrogen-bond acceptors (Lipinski definition) is 6. The molecule has 1 saturated heterocycles. The summed E-state index contributed by atoms with van der Waals surface area (Å²) in [6.07, 6.45) is 6.80. The van der Waals surface area contributed by atoms with Crippen LogP contribution in [-0.4, -0.2) is 60.4 Å². The number of nitrogens with zero attached hydrogens (tertiary/aromatic N) is 5. The number of aromatic nitrogens is 3. The van der Waals surface area contributed by atoms with Crippen LogP contribution in [0.2, 0.25) is 0 Å². The van der Waals surface area contributed by atoms with Crippen LogP contribution in [0.5, 0.6) is 0 Å². The average molecular weight is 499 g/mol. The Morgan fingerprint density at radius 3 is 2.57 bits per heavy atom. The van der Waals surface area contributed by atoms with E-state index in [-0.39, 0.29) is 17.2 Å². The van der Waals surface area contributed by atoms with Crippen molar-refractivity contribution in [2.75, 3.05) is 37.4 Å². The average Bonchev–Trinajstić information content (AvgIpc) is 3.49. The lowest BCUT2D eigenvalue weighted by Crippen LogP contribution is -2.22. The predicted octanol–water partition coefficient (Wildman–Crippen LogP) is 3.65. The third kappa shape index (κ3) is 5.65. The fraction of sp³-hybridized carbons (Fsp3) is 0.480. The summed E-state index contributed by atoms with van der Waals surface area (Å²) in [7, 11) is -0.521. The third-order valence-electron chi connectivity index (χ3n) is 6.35. The zero-order valence-corrected chi connectivity index (χ0v) is 21.5. The number of rotatable bonds is 10. The summed E-state index contributed by atoms with van der Waals surface area (Å²) in [6.45, 7) is 4.95. The minimum Gasteiger partial charge on any atom is -0.357 e. The molecule has 0 unspecified atom stereocenters. The molecule has 1 aliphatic rings. The molecule has 188 valence electrons. The first kappa shape index (κ1) is 25.1. The first-order valence-corrected chi connectivity index (χ1v) is 13.7. The van der Waals surface area contributed by atoms with E-state index in [4.69, 9.17) is 4.98 Å². The summed E-state index contributed by atoms with van der Waals surface area (Å²) in [5.41, 5.74) is 2.19. The van der Waals surface area contributed by atoms with Crippen molar-refractivity contribution in [3.63, 3.8) is 0 Å². The molecule has 3 aromatic rings. The molecule has 1 fully saturated rings. The monoisotopic (exact) mass is 498 g/mol. The molecule has 4 rings (SSSR count). The molecule has 3 heterocycles. The van der Waals surface area contributed by atoms with E-state index in [0.29, 0.717) is 17.6 Å². The Hall–Kier alpha value is -2.98. The van der Waals surface area contributed by atoms with Gasteiger partial charge in [-0.1, -0.05) is 13.3 Å². The second-order valence-electron chi connectivity index (χ2n) is 9.12. The van der Waals surface area contributed by atoms with Gasteiger partial charge in [0.2, 0.25) is 15.9 Å². The minimum atomic E-state index is -3.55. The number of hydrogen-bond donors (Lipinski definition) is 1. The van der Waals surface area contributed by atoms with E-state index in [1.54, 1.807) is 18.3 Å². The largest absolute Gasteiger partial charge is 0.357 e. The molecule has 10 heteroatoms. The second kappa shape index (κ2) is 10.7. The highest BCUT2D eigenvalue weighted by atomic mass is 32.2. The zero-order valence-electron chi connectivity index (χ0n) is 20.7. The number of imidazole rings is 1. The molecule has 2 aromatic heterocycles. The van der Waals surface area contributed by atoms with Crippen LogP contribution in [0.15, 0.2) is 41.4 Å². The van der Waals surface area contributed by atoms with Crippen molar-refractivity contribution in [1.29, 1.82) is 0 Å². The van der Waals surface area contributed by atoms with Crippen molar-refractivity contribution in [3.05, 3.63) is 42.4 Å². The van der Waals surface area contributed by atoms with Crippen molar-refractivity contribution < 1.29 is 13.2 Å². The number of pyridine rings is 1. The van der Waals surface area contributed by atoms with Gasteiger partial charge in [-0.05, 0) is 49.6 Å². The topological polar surface area (TPSA) is 100 Å². The predicted molar refractivity (Wildman–Crippen MR) is 138 cm³/mol. The summed E-state index contributed by atoms with van der Waals surface area (Å²) in [5, 5.41) is 2.93. The van der Waals surface area contributed by atoms with Crippen LogP contribution in [0.1, 0.15) is 44.9 Å². The van der Waals surface area contributed by atoms with E-state index in [1.165, 1.54) is 31.2 Å². The van der Waals surface area contributed by atoms with E-state index >= 15 is 0 Å². The number of sulfonamides is 1. The van der Waals surface area contributed by atoms with Crippen molar-refractivity contribution in [3.8, 4) is 0 Å². The number of fused-ring (bicyclic) bond motifs is 1. The standard InChI is InChI=1S/C25H34N6O3S/c1-4-5-16-31-22-10-9-20(35(33,34)29(2)3)17-21(22)28-24(31)12-13-25(32)27-19-8-11-23(26-18-19)30-14-6-7-15-30/h8-11,17-18H,4-7,12-16H2,1-3H3,(H,27,32). The van der Waals surface area contributed by atoms with Crippen LogP contribution in [0.4, 0.5) is 11.5 Å². The molecule has 0 saturated carbocycles. The van der Waals surface area contributed by atoms with Crippen molar-refractivity contribution in [2.24, 2.45) is 0 Å². The van der Waals surface area contributed by atoms with Gasteiger partial charge in [-0.15, -0.1) is 0 Å². The van der Waals surface area contributed by atoms with Crippen molar-refractivity contribution in [2.45, 2.75) is 56.9 Å². The quantitative estimate of drug-likeness (QED) is 0.458. The summed E-state index contributed by atoms with van der Waals surface area (Å²) in [4.78, 5) is 24.3. The Morgan fingerprint density at radius 2 is 1.91 bits per heavy atom. The van der Waals surface area contributed by atoms with Gasteiger partial charge in [-0.3, -0.25) is 4.79 Å². The number of unbranched alkanes of at least 4 members (excludes halogenated alkanes) is 1. The number of anilines is 2. The van der Waals surface area contributed by atoms with E-state index in [9.17, 15) is 13.2 Å². The Kier molecular flexibility index (Phi) is 7.71. The number of benzene rings is 1. The number of aryl methyl sites for hydroxylation is 2. The summed E-state index contributed by atoms with van der Waals surface area (Å²) < 4.78 is 28.4. The van der Waals surface area contributed by atoms with Crippen LogP contribution in [0.3, 0.4) is 0 Å². The smallest absolute Gasteiger partial charge is 0.242 e. The van der Waals surface area contributed by atoms with Gasteiger partial charge in [-0.2, -0.15) is 0 Å². The highest BCUT2D eigenvalue weighted by Gasteiger charge is 2.20. The van der Waals surface area contributed by atoms with E-state index < -0.39 is 10.0 Å². The number of carbonyl (C=O) groups is 1. The van der Waals surface area contributed by atoms with Crippen LogP contribution in [0.25, 0.3) is 11.0 Å². The molecule has 1 aromatic carbocycles. The van der Waals surface area contributed by atoms with E-state index in [0.717, 1.165) is 49.6 Å². The van der Waals surface area contributed by atoms with Gasteiger partial charge in [0, 0.05) is 46.6 Å². The molecular weight excluding hydrogens is 464 g/mol. The molecule has 1 amide bonds. The molecule has 35 heavy (non-hydrogen) atoms. The Bertz CT molecular complexity index is 1280. The maximum absolute atomic E-state index is 12.7. The number of nitrogens with one attached hydrogen (secondary N) is 1. The van der Waals surface area contributed by atoms with Gasteiger partial charge in [0.1, 0.15) is 11.6 Å². The van der Waals surface area contributed by atoms with Gasteiger partial charge in [0.05, 0.1) is 27.8 Å². The first-order valence-electron chi connectivity index (χ1n) is 12.2. The molecular formula is C25H34N6O3S. The summed E-state index contributed by atoms with van der Waals surface area (Å²) in [6, 6.07) is 8.89. The molecule has 1 aliphatic heterocycles. The highest BCUT2D eigenvalue weighted by molar-refractivity contribution is 7.89. The number of carbonyl (C=O) groups excluding carboxylic acids is 1. The van der Waals surface area contributed by atoms with E-state index in [1.807, 2.05) is 18.2 Å². The minimum absolute atomic E-state index is 0.106. The Morgan fingerprint density at radius 1 is 1.14 bits per heavy atom. The fourth-order valence-electron chi connectivity index (χ4n) is 4.33. The van der Waals surface area contributed by atoms with Gasteiger partial charge >= 0.3 is 0 Å². The SMILES string of the molecule is CCCCn1c(CCC(=O)Nc2ccc(N3CCCC3)nc2)nc2cc(S(=O)(=O)N(C)C)ccc21. The lowest BCUT2D eigenvalue weighted by molar-refractivity contribution is -0.116. The van der Waals surface area contributed by atoms with E-state index in [2.05, 4.69) is 26.7 Å². The fourth-order valence-corrected chi connectivity index (χ4v) is 5.25. The lowest BCUT2D eigenvalue weighted by Gasteiger charge is -2.16. The highest BCUT2D eigenvalue weighted by Crippen LogP contribution is 2.24. The van der Waals surface area contributed by atoms with Gasteiger partial charge in [0.15, 0.2) is 0 Å². The summed E-state index contributed by atoms with van der Waals surface area (Å²) in [5.74, 6) is 1.62. The zero-order chi connectivity index (χ0) is 25.0. The molecule has 0 spiro atoms. The lowest BCUT2D eigenvalue weighted by atomic mass is 10.2. The maximum atomic E-state index is 12.7. The van der Waals surface area contributed by atoms with Crippen molar-refractivity contribution in [1.82, 2.24) is 18.8 Å². The number of amides is 1.